The van der Waals surface area contributed by atoms with Crippen LogP contribution in [0.15, 0.2) is 0 Å². The highest BCUT2D eigenvalue weighted by atomic mass is 79.9. The van der Waals surface area contributed by atoms with E-state index in [4.69, 9.17) is 18.9 Å². The Bertz CT molecular complexity index is 956. The summed E-state index contributed by atoms with van der Waals surface area (Å²) >= 11 is 3.79. The lowest BCUT2D eigenvalue weighted by molar-refractivity contribution is -0.205. The van der Waals surface area contributed by atoms with Gasteiger partial charge < -0.3 is 18.9 Å². The van der Waals surface area contributed by atoms with Gasteiger partial charge in [-0.05, 0) is 74.3 Å². The number of carbonyl (C=O) groups excluding carboxylic acids is 2. The minimum atomic E-state index is -1.15. The Morgan fingerprint density at radius 1 is 0.825 bits per heavy atom. The topological polar surface area (TPSA) is 74.3 Å². The van der Waals surface area contributed by atoms with Gasteiger partial charge in [-0.3, -0.25) is 14.5 Å². The molecule has 0 amide bonds. The quantitative estimate of drug-likeness (QED) is 0.224. The maximum absolute atomic E-state index is 14.0. The van der Waals surface area contributed by atoms with E-state index in [2.05, 4.69) is 76.2 Å². The number of cyclic esters (lactones) is 2. The molecule has 5 fully saturated rings. The molecule has 8 heteroatoms. The van der Waals surface area contributed by atoms with Crippen molar-refractivity contribution >= 4 is 27.9 Å². The number of hydrogen-bond donors (Lipinski definition) is 0. The second-order valence-electron chi connectivity index (χ2n) is 14.3. The number of carbonyl (C=O) groups is 2. The molecule has 5 aliphatic rings. The number of esters is 2. The van der Waals surface area contributed by atoms with E-state index in [1.807, 2.05) is 0 Å². The molecular weight excluding hydrogens is 574 g/mol. The van der Waals surface area contributed by atoms with Crippen LogP contribution in [0.3, 0.4) is 0 Å². The third-order valence-corrected chi connectivity index (χ3v) is 12.7. The van der Waals surface area contributed by atoms with Crippen molar-refractivity contribution in [3.05, 3.63) is 0 Å². The first kappa shape index (κ1) is 30.7. The van der Waals surface area contributed by atoms with E-state index in [9.17, 15) is 9.59 Å². The minimum absolute atomic E-state index is 0.000880. The normalized spacial score (nSPS) is 46.8. The fourth-order valence-electron chi connectivity index (χ4n) is 8.90. The highest BCUT2D eigenvalue weighted by Gasteiger charge is 2.96. The molecule has 2 aliphatic heterocycles. The molecule has 0 N–H and O–H groups in total. The van der Waals surface area contributed by atoms with Crippen molar-refractivity contribution in [2.75, 3.05) is 13.1 Å². The van der Waals surface area contributed by atoms with E-state index < -0.39 is 40.2 Å². The van der Waals surface area contributed by atoms with E-state index in [0.717, 1.165) is 38.8 Å². The van der Waals surface area contributed by atoms with E-state index in [-0.39, 0.29) is 18.2 Å². The molecule has 40 heavy (non-hydrogen) atoms. The van der Waals surface area contributed by atoms with Crippen LogP contribution < -0.4 is 0 Å². The molecule has 5 rings (SSSR count). The SMILES string of the molecule is CCN(CC)[C@H]1[C@H](O[C@@H]2C[C@H](C)CC[C@H]2C(C)C)OC(=O)[C@@]12[C@H]1[C@H](O[C@@H]3C[C@H](C)CC[C@H]3C(C)C)OC(=O)[C@]12Br. The van der Waals surface area contributed by atoms with Gasteiger partial charge in [-0.15, -0.1) is 0 Å². The van der Waals surface area contributed by atoms with Gasteiger partial charge in [0.15, 0.2) is 4.32 Å². The highest BCUT2D eigenvalue weighted by Crippen LogP contribution is 2.78. The lowest BCUT2D eigenvalue weighted by atomic mass is 9.75. The van der Waals surface area contributed by atoms with Crippen LogP contribution in [0.2, 0.25) is 0 Å². The fraction of sp³-hybridized carbons (Fsp3) is 0.938. The van der Waals surface area contributed by atoms with Gasteiger partial charge in [0.05, 0.1) is 24.2 Å². The van der Waals surface area contributed by atoms with Crippen molar-refractivity contribution in [1.29, 1.82) is 0 Å². The zero-order chi connectivity index (χ0) is 29.1. The number of fused-ring (bicyclic) bond motifs is 3. The summed E-state index contributed by atoms with van der Waals surface area (Å²) in [4.78, 5) is 29.9. The molecule has 0 radical (unpaired) electrons. The van der Waals surface area contributed by atoms with E-state index in [1.54, 1.807) is 0 Å². The van der Waals surface area contributed by atoms with Gasteiger partial charge in [0, 0.05) is 0 Å². The van der Waals surface area contributed by atoms with Crippen LogP contribution in [-0.4, -0.2) is 65.1 Å². The van der Waals surface area contributed by atoms with Gasteiger partial charge in [0.25, 0.3) is 0 Å². The number of rotatable bonds is 9. The molecule has 0 aromatic rings. The summed E-state index contributed by atoms with van der Waals surface area (Å²) in [7, 11) is 0. The van der Waals surface area contributed by atoms with Crippen molar-refractivity contribution in [2.45, 2.75) is 129 Å². The number of nitrogens with zero attached hydrogens (tertiary/aromatic N) is 1. The van der Waals surface area contributed by atoms with Crippen molar-refractivity contribution in [3.8, 4) is 0 Å². The monoisotopic (exact) mass is 625 g/mol. The van der Waals surface area contributed by atoms with Crippen molar-refractivity contribution in [3.63, 3.8) is 0 Å². The van der Waals surface area contributed by atoms with Crippen LogP contribution in [0.4, 0.5) is 0 Å². The lowest BCUT2D eigenvalue weighted by Crippen LogP contribution is -2.53. The Morgan fingerprint density at radius 2 is 1.30 bits per heavy atom. The van der Waals surface area contributed by atoms with Crippen LogP contribution in [-0.2, 0) is 28.5 Å². The number of alkyl halides is 1. The zero-order valence-electron chi connectivity index (χ0n) is 25.9. The predicted octanol–water partition coefficient (Wildman–Crippen LogP) is 6.17. The molecule has 228 valence electrons. The van der Waals surface area contributed by atoms with E-state index in [1.165, 1.54) is 12.8 Å². The summed E-state index contributed by atoms with van der Waals surface area (Å²) in [5.74, 6) is 1.69. The number of ether oxygens (including phenoxy) is 4. The van der Waals surface area contributed by atoms with Gasteiger partial charge in [0.2, 0.25) is 12.6 Å². The molecule has 0 aromatic carbocycles. The molecule has 12 atom stereocenters. The number of likely N-dealkylation sites (N-methyl/N-ethyl adjacent to an activating group) is 1. The van der Waals surface area contributed by atoms with Gasteiger partial charge in [-0.25, -0.2) is 0 Å². The smallest absolute Gasteiger partial charge is 0.327 e. The van der Waals surface area contributed by atoms with Gasteiger partial charge >= 0.3 is 11.9 Å². The molecule has 0 unspecified atom stereocenters. The summed E-state index contributed by atoms with van der Waals surface area (Å²) in [6, 6.07) is -0.394. The molecule has 7 nitrogen and oxygen atoms in total. The Kier molecular flexibility index (Phi) is 8.78. The average molecular weight is 627 g/mol. The van der Waals surface area contributed by atoms with Crippen LogP contribution in [0.5, 0.6) is 0 Å². The van der Waals surface area contributed by atoms with E-state index >= 15 is 0 Å². The van der Waals surface area contributed by atoms with Crippen LogP contribution in [0, 0.1) is 46.8 Å². The lowest BCUT2D eigenvalue weighted by Gasteiger charge is -2.41. The van der Waals surface area contributed by atoms with Crippen LogP contribution in [0.25, 0.3) is 0 Å². The van der Waals surface area contributed by atoms with Crippen LogP contribution in [0.1, 0.15) is 93.9 Å². The molecule has 0 aromatic heterocycles. The molecule has 2 saturated heterocycles. The fourth-order valence-corrected chi connectivity index (χ4v) is 10.1. The Morgan fingerprint density at radius 3 is 1.77 bits per heavy atom. The first-order chi connectivity index (χ1) is 18.9. The highest BCUT2D eigenvalue weighted by molar-refractivity contribution is 9.10. The Hall–Kier alpha value is -0.700. The summed E-state index contributed by atoms with van der Waals surface area (Å²) in [6.07, 6.45) is 5.04. The second-order valence-corrected chi connectivity index (χ2v) is 15.5. The first-order valence-electron chi connectivity index (χ1n) is 16.1. The number of halogens is 1. The van der Waals surface area contributed by atoms with Crippen molar-refractivity contribution < 1.29 is 28.5 Å². The first-order valence-corrected chi connectivity index (χ1v) is 16.9. The molecular formula is C32H52BrNO6. The summed E-state index contributed by atoms with van der Waals surface area (Å²) < 4.78 is 24.5. The maximum Gasteiger partial charge on any atom is 0.327 e. The van der Waals surface area contributed by atoms with Crippen LogP contribution >= 0.6 is 15.9 Å². The summed E-state index contributed by atoms with van der Waals surface area (Å²) in [5, 5.41) is 0. The van der Waals surface area contributed by atoms with Gasteiger partial charge in [-0.1, -0.05) is 84.2 Å². The third-order valence-electron chi connectivity index (χ3n) is 11.3. The van der Waals surface area contributed by atoms with Gasteiger partial charge in [-0.2, -0.15) is 0 Å². The summed E-state index contributed by atoms with van der Waals surface area (Å²) in [6.45, 7) is 19.2. The van der Waals surface area contributed by atoms with E-state index in [0.29, 0.717) is 35.5 Å². The second kappa shape index (κ2) is 11.4. The molecule has 2 heterocycles. The summed E-state index contributed by atoms with van der Waals surface area (Å²) in [5.41, 5.74) is -1.09. The third kappa shape index (κ3) is 4.70. The predicted molar refractivity (Wildman–Crippen MR) is 156 cm³/mol. The Balaban J connectivity index is 1.45. The largest absolute Gasteiger partial charge is 0.434 e. The zero-order valence-corrected chi connectivity index (χ0v) is 27.4. The van der Waals surface area contributed by atoms with Crippen molar-refractivity contribution in [2.24, 2.45) is 46.8 Å². The molecule has 0 bridgehead atoms. The number of hydrogen-bond acceptors (Lipinski definition) is 7. The average Bonchev–Trinajstić information content (AvgIpc) is 3.22. The van der Waals surface area contributed by atoms with Gasteiger partial charge in [0.1, 0.15) is 5.41 Å². The molecule has 1 spiro atoms. The maximum atomic E-state index is 14.0. The minimum Gasteiger partial charge on any atom is -0.434 e. The standard InChI is InChI=1S/C32H52BrNO6/c1-9-34(10-2)26-28(38-24-16-20(8)12-14-22(24)18(5)6)40-29(35)31(26)25-27(39-30(36)32(25,31)33)37-23-15-19(7)11-13-21(23)17(3)4/h17-28H,9-16H2,1-8H3/t19-,20-,21+,22+,23-,24-,25-,26+,27-,28-,31-,32-/m1/s1. The molecule has 3 aliphatic carbocycles. The Labute approximate surface area is 249 Å². The molecule has 3 saturated carbocycles. The van der Waals surface area contributed by atoms with Crippen molar-refractivity contribution in [1.82, 2.24) is 4.90 Å².